The van der Waals surface area contributed by atoms with Gasteiger partial charge in [-0.15, -0.1) is 0 Å². The summed E-state index contributed by atoms with van der Waals surface area (Å²) in [5.41, 5.74) is -0.401. The van der Waals surface area contributed by atoms with Gasteiger partial charge < -0.3 is 35.7 Å². The summed E-state index contributed by atoms with van der Waals surface area (Å²) in [5.74, 6) is 1.80. The maximum absolute atomic E-state index is 12.0. The zero-order valence-corrected chi connectivity index (χ0v) is 24.5. The number of quaternary nitrogens is 1. The molecule has 10 heteroatoms. The number of benzene rings is 2. The van der Waals surface area contributed by atoms with Gasteiger partial charge in [0.25, 0.3) is 0 Å². The molecule has 1 unspecified atom stereocenters. The fraction of sp³-hybridized carbons (Fsp3) is 0.464. The predicted molar refractivity (Wildman–Crippen MR) is 141 cm³/mol. The summed E-state index contributed by atoms with van der Waals surface area (Å²) in [5, 5.41) is 17.2. The van der Waals surface area contributed by atoms with Crippen LogP contribution < -0.4 is 26.9 Å². The molecule has 1 aliphatic rings. The second-order valence-corrected chi connectivity index (χ2v) is 12.2. The number of aromatic nitrogens is 1. The van der Waals surface area contributed by atoms with E-state index in [-0.39, 0.29) is 27.8 Å². The van der Waals surface area contributed by atoms with Crippen molar-refractivity contribution in [3.05, 3.63) is 78.0 Å². The van der Waals surface area contributed by atoms with E-state index in [9.17, 15) is 13.5 Å². The summed E-state index contributed by atoms with van der Waals surface area (Å²) in [6.45, 7) is 1.95. The van der Waals surface area contributed by atoms with Gasteiger partial charge in [0.15, 0.2) is 11.4 Å². The average Bonchev–Trinajstić information content (AvgIpc) is 3.35. The minimum absolute atomic E-state index is 0. The molecular weight excluding hydrogens is 570 g/mol. The van der Waals surface area contributed by atoms with Crippen LogP contribution in [-0.4, -0.2) is 50.2 Å². The van der Waals surface area contributed by atoms with E-state index in [0.717, 1.165) is 50.0 Å². The van der Waals surface area contributed by atoms with Crippen LogP contribution >= 0.6 is 0 Å². The molecule has 38 heavy (non-hydrogen) atoms. The minimum Gasteiger partial charge on any atom is -1.00 e. The molecule has 0 aliphatic heterocycles. The highest BCUT2D eigenvalue weighted by Crippen LogP contribution is 2.43. The summed E-state index contributed by atoms with van der Waals surface area (Å²) in [6, 6.07) is 15.9. The lowest BCUT2D eigenvalue weighted by Gasteiger charge is -2.36. The molecule has 0 saturated heterocycles. The summed E-state index contributed by atoms with van der Waals surface area (Å²) < 4.78 is 35.4. The number of sulfonamides is 1. The van der Waals surface area contributed by atoms with Crippen molar-refractivity contribution in [1.29, 1.82) is 0 Å². The van der Waals surface area contributed by atoms with Gasteiger partial charge in [0, 0.05) is 12.3 Å². The van der Waals surface area contributed by atoms with Crippen molar-refractivity contribution in [3.8, 4) is 5.75 Å². The Labute approximate surface area is 236 Å². The third-order valence-corrected chi connectivity index (χ3v) is 8.13. The van der Waals surface area contributed by atoms with Crippen LogP contribution in [0.25, 0.3) is 0 Å². The van der Waals surface area contributed by atoms with Gasteiger partial charge in [0.2, 0.25) is 15.9 Å². The summed E-state index contributed by atoms with van der Waals surface area (Å²) in [7, 11) is 0.526. The Hall–Kier alpha value is -2.24. The molecule has 0 spiro atoms. The molecule has 1 heterocycles. The number of nitrogens with zero attached hydrogens (tertiary/aromatic N) is 2. The summed E-state index contributed by atoms with van der Waals surface area (Å²) in [4.78, 5) is 4.64. The molecular formula is C28H38BrN3O5S. The van der Waals surface area contributed by atoms with Crippen molar-refractivity contribution in [2.24, 2.45) is 11.1 Å². The van der Waals surface area contributed by atoms with Gasteiger partial charge in [0.1, 0.15) is 12.3 Å². The Morgan fingerprint density at radius 3 is 2.37 bits per heavy atom. The van der Waals surface area contributed by atoms with Crippen LogP contribution in [0, 0.1) is 5.92 Å². The van der Waals surface area contributed by atoms with E-state index >= 15 is 0 Å². The Morgan fingerprint density at radius 1 is 1.08 bits per heavy atom. The van der Waals surface area contributed by atoms with Crippen LogP contribution in [0.1, 0.15) is 55.7 Å². The molecule has 3 N–H and O–H groups in total. The van der Waals surface area contributed by atoms with E-state index in [1.807, 2.05) is 30.3 Å². The van der Waals surface area contributed by atoms with Gasteiger partial charge in [0.05, 0.1) is 38.3 Å². The molecule has 0 radical (unpaired) electrons. The quantitative estimate of drug-likeness (QED) is 0.250. The van der Waals surface area contributed by atoms with Crippen molar-refractivity contribution >= 4 is 10.0 Å². The molecule has 1 saturated carbocycles. The normalized spacial score (nSPS) is 16.4. The molecule has 4 rings (SSSR count). The number of ether oxygens (including phenoxy) is 1. The maximum Gasteiger partial charge on any atom is 0.238 e. The van der Waals surface area contributed by atoms with Crippen LogP contribution in [-0.2, 0) is 22.2 Å². The highest BCUT2D eigenvalue weighted by Gasteiger charge is 2.44. The molecule has 208 valence electrons. The second-order valence-electron chi connectivity index (χ2n) is 10.6. The Bertz CT molecular complexity index is 1260. The number of primary sulfonamides is 1. The van der Waals surface area contributed by atoms with E-state index in [2.05, 4.69) is 19.1 Å². The second kappa shape index (κ2) is 12.7. The smallest absolute Gasteiger partial charge is 0.238 e. The highest BCUT2D eigenvalue weighted by molar-refractivity contribution is 7.89. The van der Waals surface area contributed by atoms with Crippen LogP contribution in [0.2, 0.25) is 0 Å². The average molecular weight is 609 g/mol. The van der Waals surface area contributed by atoms with Crippen LogP contribution in [0.15, 0.2) is 70.1 Å². The molecule has 0 bridgehead atoms. The van der Waals surface area contributed by atoms with Crippen LogP contribution in [0.3, 0.4) is 0 Å². The van der Waals surface area contributed by atoms with Crippen molar-refractivity contribution in [2.45, 2.75) is 55.6 Å². The molecule has 8 nitrogen and oxygen atoms in total. The number of hydrogen-bond acceptors (Lipinski definition) is 6. The first-order valence-electron chi connectivity index (χ1n) is 12.9. The number of oxazole rings is 1. The maximum atomic E-state index is 12.0. The van der Waals surface area contributed by atoms with Gasteiger partial charge in [-0.05, 0) is 42.7 Å². The first-order valence-corrected chi connectivity index (χ1v) is 14.4. The first-order chi connectivity index (χ1) is 17.6. The summed E-state index contributed by atoms with van der Waals surface area (Å²) >= 11 is 0. The van der Waals surface area contributed by atoms with E-state index in [0.29, 0.717) is 29.3 Å². The molecule has 1 aromatic heterocycles. The summed E-state index contributed by atoms with van der Waals surface area (Å²) in [6.07, 6.45) is 7.86. The number of nitrogens with two attached hydrogens (primary N) is 1. The SMILES string of the molecule is C[N+](C)(CCCOc1ccc(S(N)(=O)=O)cc1)Cc1cnc(C(O)(c2ccccc2)C2CCCCC2)o1.[Br-]. The van der Waals surface area contributed by atoms with Crippen LogP contribution in [0.4, 0.5) is 0 Å². The van der Waals surface area contributed by atoms with Crippen molar-refractivity contribution in [3.63, 3.8) is 0 Å². The lowest BCUT2D eigenvalue weighted by Crippen LogP contribution is -3.00. The number of aliphatic hydroxyl groups is 1. The van der Waals surface area contributed by atoms with E-state index < -0.39 is 15.6 Å². The van der Waals surface area contributed by atoms with Gasteiger partial charge in [-0.1, -0.05) is 49.6 Å². The van der Waals surface area contributed by atoms with E-state index in [4.69, 9.17) is 14.3 Å². The van der Waals surface area contributed by atoms with Gasteiger partial charge in [-0.3, -0.25) is 0 Å². The number of halogens is 1. The fourth-order valence-corrected chi connectivity index (χ4v) is 5.73. The topological polar surface area (TPSA) is 116 Å². The fourth-order valence-electron chi connectivity index (χ4n) is 5.21. The largest absolute Gasteiger partial charge is 1.00 e. The Morgan fingerprint density at radius 2 is 1.74 bits per heavy atom. The zero-order valence-electron chi connectivity index (χ0n) is 22.1. The minimum atomic E-state index is -3.71. The monoisotopic (exact) mass is 607 g/mol. The lowest BCUT2D eigenvalue weighted by atomic mass is 9.73. The van der Waals surface area contributed by atoms with E-state index in [1.54, 1.807) is 18.3 Å². The molecule has 1 atom stereocenters. The first kappa shape index (κ1) is 30.3. The number of rotatable bonds is 11. The molecule has 2 aromatic carbocycles. The van der Waals surface area contributed by atoms with Crippen molar-refractivity contribution in [1.82, 2.24) is 4.98 Å². The molecule has 1 aliphatic carbocycles. The van der Waals surface area contributed by atoms with Gasteiger partial charge in [-0.25, -0.2) is 18.5 Å². The standard InChI is InChI=1S/C28H38N3O5S.BrH/c1-31(2,18-9-19-35-24-14-16-26(17-15-24)37(29,33)34)21-25-20-30-27(36-25)28(32,22-10-5-3-6-11-22)23-12-7-4-8-13-23;/h3,5-6,10-11,14-17,20,23,32H,4,7-9,12-13,18-19,21H2,1-2H3,(H2,29,33,34);1H/q+1;/p-1. The molecule has 1 fully saturated rings. The zero-order chi connectivity index (χ0) is 26.5. The third kappa shape index (κ3) is 7.45. The number of hydrogen-bond donors (Lipinski definition) is 2. The highest BCUT2D eigenvalue weighted by atomic mass is 79.9. The third-order valence-electron chi connectivity index (χ3n) is 7.20. The van der Waals surface area contributed by atoms with Gasteiger partial charge in [-0.2, -0.15) is 0 Å². The lowest BCUT2D eigenvalue weighted by molar-refractivity contribution is -0.904. The van der Waals surface area contributed by atoms with Gasteiger partial charge >= 0.3 is 0 Å². The Balaban J connectivity index is 0.00000400. The van der Waals surface area contributed by atoms with Crippen molar-refractivity contribution in [2.75, 3.05) is 27.2 Å². The Kier molecular flexibility index (Phi) is 10.2. The van der Waals surface area contributed by atoms with Crippen molar-refractivity contribution < 1.29 is 44.1 Å². The molecule has 0 amide bonds. The van der Waals surface area contributed by atoms with E-state index in [1.165, 1.54) is 18.6 Å². The van der Waals surface area contributed by atoms with Crippen LogP contribution in [0.5, 0.6) is 5.75 Å². The molecule has 3 aromatic rings. The predicted octanol–water partition coefficient (Wildman–Crippen LogP) is 1.19.